The highest BCUT2D eigenvalue weighted by Crippen LogP contribution is 2.15. The first-order valence-corrected chi connectivity index (χ1v) is 8.25. The molecule has 1 rings (SSSR count). The van der Waals surface area contributed by atoms with Crippen LogP contribution < -0.4 is 10.5 Å². The van der Waals surface area contributed by atoms with E-state index in [9.17, 15) is 8.42 Å². The third kappa shape index (κ3) is 5.10. The molecule has 20 heavy (non-hydrogen) atoms. The molecule has 0 unspecified atom stereocenters. The van der Waals surface area contributed by atoms with Crippen LogP contribution in [0.15, 0.2) is 11.1 Å². The molecule has 0 atom stereocenters. The first-order chi connectivity index (χ1) is 9.36. The molecule has 0 radical (unpaired) electrons. The van der Waals surface area contributed by atoms with Crippen LogP contribution in [-0.2, 0) is 21.3 Å². The number of nitrogens with two attached hydrogens (primary N) is 1. The lowest BCUT2D eigenvalue weighted by atomic mass is 10.2. The lowest BCUT2D eigenvalue weighted by molar-refractivity contribution is 0.108. The smallest absolute Gasteiger partial charge is 0.245 e. The number of nitrogens with one attached hydrogen (secondary N) is 1. The van der Waals surface area contributed by atoms with E-state index in [0.717, 1.165) is 0 Å². The number of nitrogen functional groups attached to an aromatic ring is 1. The van der Waals surface area contributed by atoms with Gasteiger partial charge in [0.1, 0.15) is 4.90 Å². The van der Waals surface area contributed by atoms with Crippen LogP contribution in [0.1, 0.15) is 27.2 Å². The van der Waals surface area contributed by atoms with Crippen molar-refractivity contribution in [3.05, 3.63) is 6.20 Å². The molecule has 1 aromatic heterocycles. The Morgan fingerprint density at radius 1 is 1.50 bits per heavy atom. The second-order valence-electron chi connectivity index (χ2n) is 4.95. The van der Waals surface area contributed by atoms with Gasteiger partial charge in [-0.2, -0.15) is 5.10 Å². The first kappa shape index (κ1) is 16.9. The van der Waals surface area contributed by atoms with Gasteiger partial charge in [-0.05, 0) is 19.3 Å². The van der Waals surface area contributed by atoms with Crippen molar-refractivity contribution >= 4 is 15.8 Å². The zero-order valence-corrected chi connectivity index (χ0v) is 13.1. The van der Waals surface area contributed by atoms with Crippen LogP contribution in [0.4, 0.5) is 5.82 Å². The number of nitrogens with zero attached hydrogens (tertiary/aromatic N) is 2. The Hall–Kier alpha value is -1.12. The van der Waals surface area contributed by atoms with Crippen molar-refractivity contribution in [1.82, 2.24) is 14.5 Å². The molecule has 0 spiro atoms. The number of hydrogen-bond acceptors (Lipinski definition) is 5. The third-order valence-corrected chi connectivity index (χ3v) is 4.05. The normalized spacial score (nSPS) is 12.2. The Morgan fingerprint density at radius 2 is 2.20 bits per heavy atom. The summed E-state index contributed by atoms with van der Waals surface area (Å²) in [4.78, 5) is 0.0300. The van der Waals surface area contributed by atoms with E-state index in [1.54, 1.807) is 0 Å². The van der Waals surface area contributed by atoms with E-state index in [-0.39, 0.29) is 10.7 Å². The van der Waals surface area contributed by atoms with Gasteiger partial charge in [0.2, 0.25) is 10.0 Å². The number of aromatic nitrogens is 2. The Labute approximate surface area is 120 Å². The number of anilines is 1. The average Bonchev–Trinajstić information content (AvgIpc) is 2.75. The summed E-state index contributed by atoms with van der Waals surface area (Å²) in [6.07, 6.45) is 2.06. The minimum Gasteiger partial charge on any atom is -0.381 e. The number of hydrogen-bond donors (Lipinski definition) is 2. The third-order valence-electron chi connectivity index (χ3n) is 2.58. The minimum atomic E-state index is -3.60. The van der Waals surface area contributed by atoms with Gasteiger partial charge in [-0.1, -0.05) is 13.8 Å². The molecule has 0 aliphatic rings. The summed E-state index contributed by atoms with van der Waals surface area (Å²) in [5, 5.41) is 3.92. The van der Waals surface area contributed by atoms with Crippen LogP contribution in [0.25, 0.3) is 0 Å². The van der Waals surface area contributed by atoms with Crippen molar-refractivity contribution in [3.8, 4) is 0 Å². The van der Waals surface area contributed by atoms with Gasteiger partial charge in [0, 0.05) is 32.5 Å². The van der Waals surface area contributed by atoms with Crippen LogP contribution in [0.2, 0.25) is 0 Å². The monoisotopic (exact) mass is 304 g/mol. The standard InChI is InChI=1S/C12H24N4O3S/c1-4-16-8-11(12(13)15-16)20(17,18)14-6-5-7-19-9-10(2)3/h8,10,14H,4-7,9H2,1-3H3,(H2,13,15). The molecule has 116 valence electrons. The molecule has 0 fully saturated rings. The maximum atomic E-state index is 12.0. The van der Waals surface area contributed by atoms with Crippen molar-refractivity contribution < 1.29 is 13.2 Å². The molecule has 8 heteroatoms. The summed E-state index contributed by atoms with van der Waals surface area (Å²) in [5.74, 6) is 0.502. The molecular formula is C12H24N4O3S. The van der Waals surface area contributed by atoms with E-state index in [0.29, 0.717) is 38.6 Å². The Bertz CT molecular complexity index is 511. The topological polar surface area (TPSA) is 99.2 Å². The highest BCUT2D eigenvalue weighted by atomic mass is 32.2. The van der Waals surface area contributed by atoms with Gasteiger partial charge in [-0.15, -0.1) is 0 Å². The SMILES string of the molecule is CCn1cc(S(=O)(=O)NCCCOCC(C)C)c(N)n1. The van der Waals surface area contributed by atoms with Gasteiger partial charge in [-0.3, -0.25) is 4.68 Å². The molecule has 1 heterocycles. The minimum absolute atomic E-state index is 0.0235. The van der Waals surface area contributed by atoms with Gasteiger partial charge < -0.3 is 10.5 Å². The number of aryl methyl sites for hydroxylation is 1. The van der Waals surface area contributed by atoms with Gasteiger partial charge >= 0.3 is 0 Å². The Balaban J connectivity index is 2.43. The second kappa shape index (κ2) is 7.61. The fourth-order valence-electron chi connectivity index (χ4n) is 1.56. The second-order valence-corrected chi connectivity index (χ2v) is 6.69. The van der Waals surface area contributed by atoms with Crippen molar-refractivity contribution in [2.24, 2.45) is 5.92 Å². The Kier molecular flexibility index (Phi) is 6.44. The molecule has 0 saturated carbocycles. The molecule has 0 saturated heterocycles. The van der Waals surface area contributed by atoms with Crippen LogP contribution in [0, 0.1) is 5.92 Å². The lowest BCUT2D eigenvalue weighted by Crippen LogP contribution is -2.26. The van der Waals surface area contributed by atoms with Crippen molar-refractivity contribution in [3.63, 3.8) is 0 Å². The Morgan fingerprint density at radius 3 is 2.75 bits per heavy atom. The molecule has 0 aromatic carbocycles. The van der Waals surface area contributed by atoms with Crippen LogP contribution in [0.3, 0.4) is 0 Å². The number of sulfonamides is 1. The summed E-state index contributed by atoms with van der Waals surface area (Å²) in [6, 6.07) is 0. The number of rotatable bonds is 9. The van der Waals surface area contributed by atoms with Gasteiger partial charge in [0.05, 0.1) is 0 Å². The van der Waals surface area contributed by atoms with Crippen molar-refractivity contribution in [2.75, 3.05) is 25.5 Å². The zero-order valence-electron chi connectivity index (χ0n) is 12.3. The van der Waals surface area contributed by atoms with E-state index < -0.39 is 10.0 Å². The quantitative estimate of drug-likeness (QED) is 0.658. The summed E-state index contributed by atoms with van der Waals surface area (Å²) in [6.45, 7) is 8.10. The molecule has 1 aromatic rings. The fraction of sp³-hybridized carbons (Fsp3) is 0.750. The van der Waals surface area contributed by atoms with Crippen molar-refractivity contribution in [1.29, 1.82) is 0 Å². The zero-order chi connectivity index (χ0) is 15.2. The maximum Gasteiger partial charge on any atom is 0.245 e. The molecule has 3 N–H and O–H groups in total. The molecule has 0 amide bonds. The summed E-state index contributed by atoms with van der Waals surface area (Å²) in [5.41, 5.74) is 5.61. The fourth-order valence-corrected chi connectivity index (χ4v) is 2.71. The number of ether oxygens (including phenoxy) is 1. The lowest BCUT2D eigenvalue weighted by Gasteiger charge is -2.07. The molecular weight excluding hydrogens is 280 g/mol. The van der Waals surface area contributed by atoms with Crippen LogP contribution in [-0.4, -0.2) is 38.0 Å². The summed E-state index contributed by atoms with van der Waals surface area (Å²) >= 11 is 0. The summed E-state index contributed by atoms with van der Waals surface area (Å²) < 4.78 is 33.5. The van der Waals surface area contributed by atoms with Gasteiger partial charge in [0.15, 0.2) is 5.82 Å². The largest absolute Gasteiger partial charge is 0.381 e. The van der Waals surface area contributed by atoms with Crippen LogP contribution >= 0.6 is 0 Å². The highest BCUT2D eigenvalue weighted by molar-refractivity contribution is 7.89. The molecule has 0 bridgehead atoms. The van der Waals surface area contributed by atoms with Crippen molar-refractivity contribution in [2.45, 2.75) is 38.6 Å². The van der Waals surface area contributed by atoms with Gasteiger partial charge in [0.25, 0.3) is 0 Å². The van der Waals surface area contributed by atoms with E-state index >= 15 is 0 Å². The van der Waals surface area contributed by atoms with Crippen LogP contribution in [0.5, 0.6) is 0 Å². The first-order valence-electron chi connectivity index (χ1n) is 6.77. The van der Waals surface area contributed by atoms with E-state index in [1.807, 2.05) is 6.92 Å². The highest BCUT2D eigenvalue weighted by Gasteiger charge is 2.20. The van der Waals surface area contributed by atoms with E-state index in [2.05, 4.69) is 23.7 Å². The summed E-state index contributed by atoms with van der Waals surface area (Å²) in [7, 11) is -3.60. The van der Waals surface area contributed by atoms with E-state index in [4.69, 9.17) is 10.5 Å². The predicted molar refractivity (Wildman–Crippen MR) is 77.8 cm³/mol. The molecule has 0 aliphatic carbocycles. The van der Waals surface area contributed by atoms with E-state index in [1.165, 1.54) is 10.9 Å². The maximum absolute atomic E-state index is 12.0. The average molecular weight is 304 g/mol. The molecule has 0 aliphatic heterocycles. The predicted octanol–water partition coefficient (Wildman–Crippen LogP) is 0.826. The molecule has 7 nitrogen and oxygen atoms in total. The van der Waals surface area contributed by atoms with Gasteiger partial charge in [-0.25, -0.2) is 13.1 Å².